The summed E-state index contributed by atoms with van der Waals surface area (Å²) in [5, 5.41) is 4.69. The molecule has 2 aromatic rings. The maximum Gasteiger partial charge on any atom is 0.344 e. The lowest BCUT2D eigenvalue weighted by Crippen LogP contribution is -2.15. The summed E-state index contributed by atoms with van der Waals surface area (Å²) in [5.74, 6) is 0.149. The second-order valence-corrected chi connectivity index (χ2v) is 4.38. The number of benzene rings is 1. The van der Waals surface area contributed by atoms with E-state index in [0.29, 0.717) is 17.5 Å². The minimum absolute atomic E-state index is 0.121. The number of aryl methyl sites for hydroxylation is 1. The molecule has 0 aliphatic rings. The van der Waals surface area contributed by atoms with Crippen molar-refractivity contribution in [3.05, 3.63) is 29.3 Å². The van der Waals surface area contributed by atoms with Gasteiger partial charge in [-0.3, -0.25) is 0 Å². The first-order valence-corrected chi connectivity index (χ1v) is 6.43. The summed E-state index contributed by atoms with van der Waals surface area (Å²) in [6.45, 7) is 1.83. The number of hydrogen-bond acceptors (Lipinski definition) is 5. The van der Waals surface area contributed by atoms with Crippen LogP contribution < -0.4 is 4.74 Å². The lowest BCUT2D eigenvalue weighted by Gasteiger charge is -2.00. The topological polar surface area (TPSA) is 66.2 Å². The molecule has 2 rings (SSSR count). The van der Waals surface area contributed by atoms with Gasteiger partial charge in [-0.25, -0.2) is 9.48 Å². The molecule has 0 bridgehead atoms. The zero-order valence-electron chi connectivity index (χ0n) is 11.2. The highest BCUT2D eigenvalue weighted by Gasteiger charge is 2.12. The Kier molecular flexibility index (Phi) is 4.57. The van der Waals surface area contributed by atoms with Crippen molar-refractivity contribution in [1.82, 2.24) is 14.8 Å². The van der Waals surface area contributed by atoms with Gasteiger partial charge in [0.05, 0.1) is 6.61 Å². The molecule has 0 saturated heterocycles. The van der Waals surface area contributed by atoms with Crippen LogP contribution in [-0.4, -0.2) is 33.9 Å². The van der Waals surface area contributed by atoms with Crippen LogP contribution in [0.5, 0.6) is 6.01 Å². The number of rotatable bonds is 5. The van der Waals surface area contributed by atoms with Gasteiger partial charge in [-0.2, -0.15) is 4.98 Å². The SMILES string of the molecule is CCOC(=O)COc1nc(-c2cccc(Cl)c2)n(C)n1. The summed E-state index contributed by atoms with van der Waals surface area (Å²) in [4.78, 5) is 15.4. The van der Waals surface area contributed by atoms with Gasteiger partial charge in [0.1, 0.15) is 0 Å². The highest BCUT2D eigenvalue weighted by atomic mass is 35.5. The van der Waals surface area contributed by atoms with Crippen LogP contribution in [0.3, 0.4) is 0 Å². The van der Waals surface area contributed by atoms with E-state index >= 15 is 0 Å². The van der Waals surface area contributed by atoms with E-state index in [9.17, 15) is 4.79 Å². The quantitative estimate of drug-likeness (QED) is 0.790. The monoisotopic (exact) mass is 295 g/mol. The Hall–Kier alpha value is -2.08. The third kappa shape index (κ3) is 3.48. The van der Waals surface area contributed by atoms with Gasteiger partial charge in [0.25, 0.3) is 0 Å². The Morgan fingerprint density at radius 2 is 2.25 bits per heavy atom. The number of nitrogens with zero attached hydrogens (tertiary/aromatic N) is 3. The first-order valence-electron chi connectivity index (χ1n) is 6.05. The molecule has 0 fully saturated rings. The van der Waals surface area contributed by atoms with Gasteiger partial charge in [0.2, 0.25) is 0 Å². The molecule has 0 aliphatic heterocycles. The lowest BCUT2D eigenvalue weighted by molar-refractivity contribution is -0.145. The van der Waals surface area contributed by atoms with E-state index in [1.54, 1.807) is 30.8 Å². The number of halogens is 1. The van der Waals surface area contributed by atoms with Crippen LogP contribution in [-0.2, 0) is 16.6 Å². The largest absolute Gasteiger partial charge is 0.463 e. The zero-order valence-corrected chi connectivity index (χ0v) is 11.9. The zero-order chi connectivity index (χ0) is 14.5. The van der Waals surface area contributed by atoms with Crippen LogP contribution in [0.1, 0.15) is 6.92 Å². The van der Waals surface area contributed by atoms with Crippen molar-refractivity contribution in [2.75, 3.05) is 13.2 Å². The molecule has 0 radical (unpaired) electrons. The van der Waals surface area contributed by atoms with Crippen molar-refractivity contribution in [2.24, 2.45) is 7.05 Å². The molecule has 7 heteroatoms. The molecule has 1 aromatic heterocycles. The third-order valence-electron chi connectivity index (χ3n) is 2.45. The van der Waals surface area contributed by atoms with Gasteiger partial charge in [0, 0.05) is 17.6 Å². The van der Waals surface area contributed by atoms with Crippen LogP contribution in [0.25, 0.3) is 11.4 Å². The fourth-order valence-electron chi connectivity index (χ4n) is 1.63. The number of hydrogen-bond donors (Lipinski definition) is 0. The Bertz CT molecular complexity index is 613. The normalized spacial score (nSPS) is 10.3. The molecule has 0 spiro atoms. The molecular formula is C13H14ClN3O3. The lowest BCUT2D eigenvalue weighted by atomic mass is 10.2. The highest BCUT2D eigenvalue weighted by molar-refractivity contribution is 6.30. The van der Waals surface area contributed by atoms with Crippen LogP contribution in [0.2, 0.25) is 5.02 Å². The van der Waals surface area contributed by atoms with E-state index in [4.69, 9.17) is 21.1 Å². The summed E-state index contributed by atoms with van der Waals surface area (Å²) >= 11 is 5.94. The maximum absolute atomic E-state index is 11.2. The molecule has 1 aromatic carbocycles. The van der Waals surface area contributed by atoms with E-state index in [1.807, 2.05) is 12.1 Å². The second kappa shape index (κ2) is 6.38. The summed E-state index contributed by atoms with van der Waals surface area (Å²) in [5.41, 5.74) is 0.818. The van der Waals surface area contributed by atoms with Crippen molar-refractivity contribution in [3.63, 3.8) is 0 Å². The van der Waals surface area contributed by atoms with Crippen molar-refractivity contribution in [3.8, 4) is 17.4 Å². The van der Waals surface area contributed by atoms with Gasteiger partial charge in [-0.15, -0.1) is 5.10 Å². The molecule has 106 valence electrons. The first-order chi connectivity index (χ1) is 9.60. The standard InChI is InChI=1S/C13H14ClN3O3/c1-3-19-11(18)8-20-13-15-12(17(2)16-13)9-5-4-6-10(14)7-9/h4-7H,3,8H2,1-2H3. The van der Waals surface area contributed by atoms with Gasteiger partial charge in [0.15, 0.2) is 12.4 Å². The Morgan fingerprint density at radius 1 is 1.45 bits per heavy atom. The van der Waals surface area contributed by atoms with Crippen LogP contribution in [0, 0.1) is 0 Å². The minimum Gasteiger partial charge on any atom is -0.463 e. The minimum atomic E-state index is -0.454. The van der Waals surface area contributed by atoms with Gasteiger partial charge in [-0.1, -0.05) is 23.7 Å². The summed E-state index contributed by atoms with van der Waals surface area (Å²) < 4.78 is 11.5. The summed E-state index contributed by atoms with van der Waals surface area (Å²) in [7, 11) is 1.74. The van der Waals surface area contributed by atoms with Crippen molar-refractivity contribution >= 4 is 17.6 Å². The van der Waals surface area contributed by atoms with Crippen molar-refractivity contribution in [2.45, 2.75) is 6.92 Å². The van der Waals surface area contributed by atoms with E-state index in [0.717, 1.165) is 5.56 Å². The van der Waals surface area contributed by atoms with Crippen molar-refractivity contribution < 1.29 is 14.3 Å². The smallest absolute Gasteiger partial charge is 0.344 e. The average molecular weight is 296 g/mol. The van der Waals surface area contributed by atoms with Gasteiger partial charge in [-0.05, 0) is 19.1 Å². The van der Waals surface area contributed by atoms with E-state index in [1.165, 1.54) is 0 Å². The molecular weight excluding hydrogens is 282 g/mol. The summed E-state index contributed by atoms with van der Waals surface area (Å²) in [6, 6.07) is 7.37. The van der Waals surface area contributed by atoms with E-state index in [2.05, 4.69) is 10.1 Å². The fraction of sp³-hybridized carbons (Fsp3) is 0.308. The van der Waals surface area contributed by atoms with E-state index in [-0.39, 0.29) is 12.6 Å². The molecule has 0 unspecified atom stereocenters. The molecule has 0 N–H and O–H groups in total. The Balaban J connectivity index is 2.12. The highest BCUT2D eigenvalue weighted by Crippen LogP contribution is 2.22. The fourth-order valence-corrected chi connectivity index (χ4v) is 1.82. The van der Waals surface area contributed by atoms with Crippen molar-refractivity contribution in [1.29, 1.82) is 0 Å². The number of ether oxygens (including phenoxy) is 2. The maximum atomic E-state index is 11.2. The van der Waals surface area contributed by atoms with Gasteiger partial charge < -0.3 is 9.47 Å². The van der Waals surface area contributed by atoms with Crippen LogP contribution >= 0.6 is 11.6 Å². The molecule has 0 amide bonds. The second-order valence-electron chi connectivity index (χ2n) is 3.95. The molecule has 6 nitrogen and oxygen atoms in total. The first kappa shape index (κ1) is 14.3. The number of esters is 1. The Morgan fingerprint density at radius 3 is 2.95 bits per heavy atom. The molecule has 0 saturated carbocycles. The predicted octanol–water partition coefficient (Wildman–Crippen LogP) is 2.08. The molecule has 0 atom stereocenters. The number of aromatic nitrogens is 3. The molecule has 0 aliphatic carbocycles. The number of carbonyl (C=O) groups is 1. The summed E-state index contributed by atoms with van der Waals surface area (Å²) in [6.07, 6.45) is 0. The Labute approximate surface area is 121 Å². The molecule has 1 heterocycles. The third-order valence-corrected chi connectivity index (χ3v) is 2.69. The molecule has 20 heavy (non-hydrogen) atoms. The van der Waals surface area contributed by atoms with Crippen LogP contribution in [0.4, 0.5) is 0 Å². The van der Waals surface area contributed by atoms with Gasteiger partial charge >= 0.3 is 12.0 Å². The van der Waals surface area contributed by atoms with Crippen LogP contribution in [0.15, 0.2) is 24.3 Å². The average Bonchev–Trinajstić information content (AvgIpc) is 2.78. The van der Waals surface area contributed by atoms with E-state index < -0.39 is 5.97 Å². The number of carbonyl (C=O) groups excluding carboxylic acids is 1. The predicted molar refractivity (Wildman–Crippen MR) is 73.6 cm³/mol.